The molecule has 2 aromatic rings. The molecule has 1 amide bonds. The summed E-state index contributed by atoms with van der Waals surface area (Å²) in [7, 11) is 0. The minimum Gasteiger partial charge on any atom is -0.461 e. The molecule has 0 radical (unpaired) electrons. The lowest BCUT2D eigenvalue weighted by molar-refractivity contribution is 0.0160. The number of carbonyl (C=O) groups is 2. The van der Waals surface area contributed by atoms with Gasteiger partial charge in [-0.25, -0.2) is 9.78 Å². The highest BCUT2D eigenvalue weighted by molar-refractivity contribution is 5.94. The molecular weight excluding hydrogens is 398 g/mol. The maximum Gasteiger partial charge on any atom is 0.356 e. The summed E-state index contributed by atoms with van der Waals surface area (Å²) < 4.78 is 12.8. The van der Waals surface area contributed by atoms with Gasteiger partial charge < -0.3 is 19.8 Å². The predicted octanol–water partition coefficient (Wildman–Crippen LogP) is 2.06. The zero-order valence-electron chi connectivity index (χ0n) is 18.3. The summed E-state index contributed by atoms with van der Waals surface area (Å²) in [5.74, 6) is 0.321. The van der Waals surface area contributed by atoms with E-state index in [1.807, 2.05) is 13.8 Å². The number of nitrogens with zero attached hydrogens (tertiary/aromatic N) is 3. The van der Waals surface area contributed by atoms with Crippen LogP contribution in [0.1, 0.15) is 71.2 Å². The van der Waals surface area contributed by atoms with E-state index in [-0.39, 0.29) is 17.9 Å². The number of amides is 1. The molecule has 2 N–H and O–H groups in total. The molecule has 0 bridgehead atoms. The summed E-state index contributed by atoms with van der Waals surface area (Å²) in [6.45, 7) is 7.03. The average molecular weight is 430 g/mol. The van der Waals surface area contributed by atoms with Gasteiger partial charge in [-0.15, -0.1) is 0 Å². The van der Waals surface area contributed by atoms with Crippen molar-refractivity contribution in [2.24, 2.45) is 5.41 Å². The number of aromatic nitrogens is 4. The maximum absolute atomic E-state index is 12.8. The largest absolute Gasteiger partial charge is 0.461 e. The maximum atomic E-state index is 12.8. The lowest BCUT2D eigenvalue weighted by Gasteiger charge is -2.36. The zero-order valence-corrected chi connectivity index (χ0v) is 18.3. The SMILES string of the molecule is CCc1ncc(C(=O)OCCCc2nn(CC)c3c2CC2(CCOCC2)CNC3=O)[nH]1. The number of imidazole rings is 1. The van der Waals surface area contributed by atoms with Gasteiger partial charge in [-0.05, 0) is 44.4 Å². The van der Waals surface area contributed by atoms with Gasteiger partial charge in [-0.3, -0.25) is 9.48 Å². The third-order valence-corrected chi connectivity index (χ3v) is 6.35. The first-order chi connectivity index (χ1) is 15.0. The number of rotatable bonds is 7. The predicted molar refractivity (Wildman–Crippen MR) is 113 cm³/mol. The van der Waals surface area contributed by atoms with Crippen LogP contribution >= 0.6 is 0 Å². The fourth-order valence-electron chi connectivity index (χ4n) is 4.49. The van der Waals surface area contributed by atoms with Crippen LogP contribution < -0.4 is 5.32 Å². The Hall–Kier alpha value is -2.68. The Morgan fingerprint density at radius 2 is 2.13 bits per heavy atom. The van der Waals surface area contributed by atoms with Crippen molar-refractivity contribution in [2.75, 3.05) is 26.4 Å². The molecular formula is C22H31N5O4. The van der Waals surface area contributed by atoms with Crippen molar-refractivity contribution >= 4 is 11.9 Å². The lowest BCUT2D eigenvalue weighted by atomic mass is 9.75. The zero-order chi connectivity index (χ0) is 21.8. The summed E-state index contributed by atoms with van der Waals surface area (Å²) >= 11 is 0. The van der Waals surface area contributed by atoms with E-state index in [2.05, 4.69) is 15.3 Å². The highest BCUT2D eigenvalue weighted by Gasteiger charge is 2.39. The van der Waals surface area contributed by atoms with Gasteiger partial charge in [-0.1, -0.05) is 6.92 Å². The van der Waals surface area contributed by atoms with Gasteiger partial charge in [0.1, 0.15) is 17.2 Å². The molecule has 2 aromatic heterocycles. The molecule has 0 saturated carbocycles. The molecule has 0 atom stereocenters. The van der Waals surface area contributed by atoms with Crippen LogP contribution in [-0.4, -0.2) is 58.0 Å². The summed E-state index contributed by atoms with van der Waals surface area (Å²) in [5.41, 5.74) is 3.07. The van der Waals surface area contributed by atoms with E-state index in [0.29, 0.717) is 37.3 Å². The summed E-state index contributed by atoms with van der Waals surface area (Å²) in [4.78, 5) is 32.1. The summed E-state index contributed by atoms with van der Waals surface area (Å²) in [6, 6.07) is 0. The number of carbonyl (C=O) groups excluding carboxylic acids is 2. The van der Waals surface area contributed by atoms with E-state index in [1.165, 1.54) is 6.20 Å². The molecule has 168 valence electrons. The van der Waals surface area contributed by atoms with Crippen molar-refractivity contribution in [3.8, 4) is 0 Å². The van der Waals surface area contributed by atoms with Crippen molar-refractivity contribution in [1.82, 2.24) is 25.1 Å². The first-order valence-electron chi connectivity index (χ1n) is 11.2. The van der Waals surface area contributed by atoms with Crippen LogP contribution in [0.3, 0.4) is 0 Å². The van der Waals surface area contributed by atoms with E-state index in [1.54, 1.807) is 4.68 Å². The molecule has 1 fully saturated rings. The molecule has 1 spiro atoms. The second-order valence-corrected chi connectivity index (χ2v) is 8.40. The molecule has 2 aliphatic heterocycles. The minimum atomic E-state index is -0.398. The van der Waals surface area contributed by atoms with Gasteiger partial charge in [0, 0.05) is 38.3 Å². The topological polar surface area (TPSA) is 111 Å². The van der Waals surface area contributed by atoms with Crippen molar-refractivity contribution in [3.05, 3.63) is 34.7 Å². The second kappa shape index (κ2) is 9.21. The first-order valence-corrected chi connectivity index (χ1v) is 11.2. The number of hydrogen-bond acceptors (Lipinski definition) is 6. The van der Waals surface area contributed by atoms with Gasteiger partial charge in [-0.2, -0.15) is 5.10 Å². The number of aryl methyl sites for hydroxylation is 3. The van der Waals surface area contributed by atoms with Gasteiger partial charge >= 0.3 is 5.97 Å². The first kappa shape index (κ1) is 21.5. The van der Waals surface area contributed by atoms with E-state index in [4.69, 9.17) is 14.6 Å². The third-order valence-electron chi connectivity index (χ3n) is 6.35. The molecule has 4 rings (SSSR count). The Labute approximate surface area is 181 Å². The minimum absolute atomic E-state index is 0.0274. The van der Waals surface area contributed by atoms with Crippen LogP contribution in [0.4, 0.5) is 0 Å². The van der Waals surface area contributed by atoms with Crippen molar-refractivity contribution in [3.63, 3.8) is 0 Å². The number of aromatic amines is 1. The van der Waals surface area contributed by atoms with Crippen LogP contribution in [-0.2, 0) is 35.3 Å². The van der Waals surface area contributed by atoms with Gasteiger partial charge in [0.05, 0.1) is 18.5 Å². The van der Waals surface area contributed by atoms with Crippen LogP contribution in [0.25, 0.3) is 0 Å². The Kier molecular flexibility index (Phi) is 6.41. The molecule has 2 aliphatic rings. The average Bonchev–Trinajstić information content (AvgIpc) is 3.37. The highest BCUT2D eigenvalue weighted by atomic mass is 16.5. The van der Waals surface area contributed by atoms with Crippen molar-refractivity contribution in [2.45, 2.75) is 58.9 Å². The van der Waals surface area contributed by atoms with Gasteiger partial charge in [0.2, 0.25) is 0 Å². The van der Waals surface area contributed by atoms with Crippen molar-refractivity contribution < 1.29 is 19.1 Å². The smallest absolute Gasteiger partial charge is 0.356 e. The molecule has 0 aliphatic carbocycles. The standard InChI is InChI=1S/C22H31N5O4/c1-3-18-23-13-17(25-18)21(29)31-9-5-6-16-15-12-22(7-10-30-11-8-22)14-24-20(28)19(15)27(4-2)26-16/h13H,3-12,14H2,1-2H3,(H,23,25)(H,24,28). The number of esters is 1. The summed E-state index contributed by atoms with van der Waals surface area (Å²) in [5, 5.41) is 7.86. The molecule has 4 heterocycles. The molecule has 0 aromatic carbocycles. The van der Waals surface area contributed by atoms with Crippen molar-refractivity contribution in [1.29, 1.82) is 0 Å². The van der Waals surface area contributed by atoms with E-state index in [9.17, 15) is 9.59 Å². The lowest BCUT2D eigenvalue weighted by Crippen LogP contribution is -2.40. The second-order valence-electron chi connectivity index (χ2n) is 8.40. The number of fused-ring (bicyclic) bond motifs is 1. The molecule has 0 unspecified atom stereocenters. The highest BCUT2D eigenvalue weighted by Crippen LogP contribution is 2.37. The normalized spacial score (nSPS) is 17.8. The van der Waals surface area contributed by atoms with Gasteiger partial charge in [0.25, 0.3) is 5.91 Å². The monoisotopic (exact) mass is 429 g/mol. The summed E-state index contributed by atoms with van der Waals surface area (Å²) in [6.07, 6.45) is 6.25. The molecule has 9 heteroatoms. The van der Waals surface area contributed by atoms with Crippen LogP contribution in [0.5, 0.6) is 0 Å². The Bertz CT molecular complexity index is 942. The number of nitrogens with one attached hydrogen (secondary N) is 2. The quantitative estimate of drug-likeness (QED) is 0.515. The van der Waals surface area contributed by atoms with E-state index >= 15 is 0 Å². The molecule has 31 heavy (non-hydrogen) atoms. The van der Waals surface area contributed by atoms with E-state index in [0.717, 1.165) is 56.0 Å². The van der Waals surface area contributed by atoms with Crippen LogP contribution in [0.15, 0.2) is 6.20 Å². The van der Waals surface area contributed by atoms with Crippen LogP contribution in [0, 0.1) is 5.41 Å². The number of ether oxygens (including phenoxy) is 2. The van der Waals surface area contributed by atoms with Gasteiger partial charge in [0.15, 0.2) is 0 Å². The molecule has 1 saturated heterocycles. The fourth-order valence-corrected chi connectivity index (χ4v) is 4.49. The Balaban J connectivity index is 1.44. The van der Waals surface area contributed by atoms with E-state index < -0.39 is 5.97 Å². The Morgan fingerprint density at radius 3 is 2.84 bits per heavy atom. The molecule has 9 nitrogen and oxygen atoms in total. The van der Waals surface area contributed by atoms with Crippen LogP contribution in [0.2, 0.25) is 0 Å². The fraction of sp³-hybridized carbons (Fsp3) is 0.636. The Morgan fingerprint density at radius 1 is 1.32 bits per heavy atom. The number of H-pyrrole nitrogens is 1. The third kappa shape index (κ3) is 4.51. The number of hydrogen-bond donors (Lipinski definition) is 2.